The number of carbonyl (C=O) groups excluding carboxylic acids is 2. The van der Waals surface area contributed by atoms with Crippen LogP contribution < -0.4 is 15.8 Å². The molecule has 7 heteroatoms. The fourth-order valence-electron chi connectivity index (χ4n) is 1.44. The molecule has 0 aliphatic heterocycles. The molecule has 3 N–H and O–H groups in total. The lowest BCUT2D eigenvalue weighted by Crippen LogP contribution is -2.39. The summed E-state index contributed by atoms with van der Waals surface area (Å²) in [4.78, 5) is 24.7. The van der Waals surface area contributed by atoms with Gasteiger partial charge in [0.1, 0.15) is 5.75 Å². The van der Waals surface area contributed by atoms with Crippen molar-refractivity contribution in [2.75, 3.05) is 26.0 Å². The molecular formula is C15H24ClN3O3. The molecule has 0 bridgehead atoms. The zero-order valence-corrected chi connectivity index (χ0v) is 14.1. The average molecular weight is 330 g/mol. The molecule has 0 fully saturated rings. The van der Waals surface area contributed by atoms with E-state index in [1.165, 1.54) is 4.90 Å². The van der Waals surface area contributed by atoms with Crippen molar-refractivity contribution >= 4 is 29.9 Å². The van der Waals surface area contributed by atoms with E-state index in [1.807, 2.05) is 13.8 Å². The minimum absolute atomic E-state index is 0. The number of rotatable bonds is 6. The summed E-state index contributed by atoms with van der Waals surface area (Å²) < 4.78 is 5.35. The second kappa shape index (κ2) is 9.27. The SMILES string of the molecule is CC(C)C(N)C(=O)Nc1ccc(OCC(=O)N(C)C)cc1.Cl. The predicted octanol–water partition coefficient (Wildman–Crippen LogP) is 1.50. The van der Waals surface area contributed by atoms with E-state index in [0.29, 0.717) is 11.4 Å². The van der Waals surface area contributed by atoms with Gasteiger partial charge in [0.25, 0.3) is 5.91 Å². The first-order valence-corrected chi connectivity index (χ1v) is 6.80. The zero-order chi connectivity index (χ0) is 16.0. The number of nitrogens with one attached hydrogen (secondary N) is 1. The second-order valence-electron chi connectivity index (χ2n) is 5.36. The molecule has 0 radical (unpaired) electrons. The molecule has 0 spiro atoms. The van der Waals surface area contributed by atoms with Gasteiger partial charge in [0, 0.05) is 19.8 Å². The van der Waals surface area contributed by atoms with Crippen molar-refractivity contribution in [1.82, 2.24) is 4.90 Å². The molecular weight excluding hydrogens is 306 g/mol. The van der Waals surface area contributed by atoms with Crippen molar-refractivity contribution in [1.29, 1.82) is 0 Å². The van der Waals surface area contributed by atoms with Gasteiger partial charge in [-0.15, -0.1) is 12.4 Å². The molecule has 124 valence electrons. The van der Waals surface area contributed by atoms with Crippen LogP contribution in [0.5, 0.6) is 5.75 Å². The van der Waals surface area contributed by atoms with Crippen molar-refractivity contribution in [3.63, 3.8) is 0 Å². The van der Waals surface area contributed by atoms with Gasteiger partial charge in [-0.05, 0) is 30.2 Å². The van der Waals surface area contributed by atoms with Crippen molar-refractivity contribution in [3.05, 3.63) is 24.3 Å². The second-order valence-corrected chi connectivity index (χ2v) is 5.36. The zero-order valence-electron chi connectivity index (χ0n) is 13.3. The molecule has 6 nitrogen and oxygen atoms in total. The highest BCUT2D eigenvalue weighted by molar-refractivity contribution is 5.94. The van der Waals surface area contributed by atoms with Gasteiger partial charge in [0.2, 0.25) is 5.91 Å². The van der Waals surface area contributed by atoms with E-state index < -0.39 is 6.04 Å². The van der Waals surface area contributed by atoms with Gasteiger partial charge in [-0.3, -0.25) is 9.59 Å². The molecule has 2 amide bonds. The number of halogens is 1. The number of carbonyl (C=O) groups is 2. The molecule has 1 aromatic carbocycles. The van der Waals surface area contributed by atoms with Gasteiger partial charge in [0.05, 0.1) is 6.04 Å². The normalized spacial score (nSPS) is 11.4. The van der Waals surface area contributed by atoms with Crippen LogP contribution in [0.15, 0.2) is 24.3 Å². The largest absolute Gasteiger partial charge is 0.484 e. The van der Waals surface area contributed by atoms with Crippen LogP contribution in [0.1, 0.15) is 13.8 Å². The third kappa shape index (κ3) is 6.32. The maximum absolute atomic E-state index is 11.8. The Morgan fingerprint density at radius 3 is 2.23 bits per heavy atom. The minimum atomic E-state index is -0.543. The van der Waals surface area contributed by atoms with Crippen LogP contribution in [0, 0.1) is 5.92 Å². The van der Waals surface area contributed by atoms with Gasteiger partial charge in [-0.25, -0.2) is 0 Å². The van der Waals surface area contributed by atoms with Crippen LogP contribution in [0.2, 0.25) is 0 Å². The molecule has 1 atom stereocenters. The summed E-state index contributed by atoms with van der Waals surface area (Å²) in [6.45, 7) is 3.77. The summed E-state index contributed by atoms with van der Waals surface area (Å²) in [6, 6.07) is 6.26. The Morgan fingerprint density at radius 1 is 1.23 bits per heavy atom. The van der Waals surface area contributed by atoms with Crippen molar-refractivity contribution < 1.29 is 14.3 Å². The predicted molar refractivity (Wildman–Crippen MR) is 89.3 cm³/mol. The Labute approximate surface area is 137 Å². The highest BCUT2D eigenvalue weighted by atomic mass is 35.5. The number of nitrogens with zero attached hydrogens (tertiary/aromatic N) is 1. The van der Waals surface area contributed by atoms with Crippen LogP contribution in [0.25, 0.3) is 0 Å². The lowest BCUT2D eigenvalue weighted by atomic mass is 10.1. The standard InChI is InChI=1S/C15H23N3O3.ClH/c1-10(2)14(16)15(20)17-11-5-7-12(8-6-11)21-9-13(19)18(3)4;/h5-8,10,14H,9,16H2,1-4H3,(H,17,20);1H. The first-order chi connectivity index (χ1) is 9.81. The van der Waals surface area contributed by atoms with Crippen LogP contribution in [0.4, 0.5) is 5.69 Å². The Kier molecular flexibility index (Phi) is 8.52. The molecule has 1 rings (SSSR count). The quantitative estimate of drug-likeness (QED) is 0.828. The average Bonchev–Trinajstić information content (AvgIpc) is 2.44. The molecule has 0 aliphatic carbocycles. The molecule has 1 unspecified atom stereocenters. The maximum atomic E-state index is 11.8. The van der Waals surface area contributed by atoms with Crippen LogP contribution in [-0.4, -0.2) is 43.5 Å². The highest BCUT2D eigenvalue weighted by Gasteiger charge is 2.17. The number of hydrogen-bond donors (Lipinski definition) is 2. The number of benzene rings is 1. The molecule has 1 aromatic rings. The monoisotopic (exact) mass is 329 g/mol. The molecule has 0 saturated heterocycles. The maximum Gasteiger partial charge on any atom is 0.259 e. The first kappa shape index (κ1) is 20.2. The van der Waals surface area contributed by atoms with Crippen LogP contribution >= 0.6 is 12.4 Å². The Balaban J connectivity index is 0.00000441. The van der Waals surface area contributed by atoms with Crippen molar-refractivity contribution in [2.24, 2.45) is 11.7 Å². The van der Waals surface area contributed by atoms with E-state index in [-0.39, 0.29) is 36.7 Å². The van der Waals surface area contributed by atoms with E-state index in [9.17, 15) is 9.59 Å². The van der Waals surface area contributed by atoms with Gasteiger partial charge in [-0.2, -0.15) is 0 Å². The van der Waals surface area contributed by atoms with Crippen LogP contribution in [-0.2, 0) is 9.59 Å². The number of amides is 2. The van der Waals surface area contributed by atoms with E-state index >= 15 is 0 Å². The summed E-state index contributed by atoms with van der Waals surface area (Å²) >= 11 is 0. The summed E-state index contributed by atoms with van der Waals surface area (Å²) in [7, 11) is 3.34. The third-order valence-corrected chi connectivity index (χ3v) is 3.00. The fraction of sp³-hybridized carbons (Fsp3) is 0.467. The summed E-state index contributed by atoms with van der Waals surface area (Å²) in [6.07, 6.45) is 0. The van der Waals surface area contributed by atoms with E-state index in [1.54, 1.807) is 38.4 Å². The number of hydrogen-bond acceptors (Lipinski definition) is 4. The number of ether oxygens (including phenoxy) is 1. The lowest BCUT2D eigenvalue weighted by molar-refractivity contribution is -0.130. The number of likely N-dealkylation sites (N-methyl/N-ethyl adjacent to an activating group) is 1. The van der Waals surface area contributed by atoms with Crippen LogP contribution in [0.3, 0.4) is 0 Å². The van der Waals surface area contributed by atoms with Gasteiger partial charge in [0.15, 0.2) is 6.61 Å². The Hall–Kier alpha value is -1.79. The first-order valence-electron chi connectivity index (χ1n) is 6.80. The van der Waals surface area contributed by atoms with Gasteiger partial charge >= 0.3 is 0 Å². The van der Waals surface area contributed by atoms with E-state index in [2.05, 4.69) is 5.32 Å². The molecule has 0 aromatic heterocycles. The Bertz CT molecular complexity index is 489. The Morgan fingerprint density at radius 2 is 1.77 bits per heavy atom. The summed E-state index contributed by atoms with van der Waals surface area (Å²) in [5.74, 6) is 0.303. The smallest absolute Gasteiger partial charge is 0.259 e. The van der Waals surface area contributed by atoms with Gasteiger partial charge in [-0.1, -0.05) is 13.8 Å². The minimum Gasteiger partial charge on any atom is -0.484 e. The number of anilines is 1. The molecule has 0 saturated carbocycles. The summed E-state index contributed by atoms with van der Waals surface area (Å²) in [5, 5.41) is 2.74. The molecule has 22 heavy (non-hydrogen) atoms. The lowest BCUT2D eigenvalue weighted by Gasteiger charge is -2.15. The van der Waals surface area contributed by atoms with Gasteiger partial charge < -0.3 is 20.7 Å². The molecule has 0 aliphatic rings. The van der Waals surface area contributed by atoms with E-state index in [4.69, 9.17) is 10.5 Å². The fourth-order valence-corrected chi connectivity index (χ4v) is 1.44. The van der Waals surface area contributed by atoms with Crippen molar-refractivity contribution in [3.8, 4) is 5.75 Å². The third-order valence-electron chi connectivity index (χ3n) is 3.00. The topological polar surface area (TPSA) is 84.7 Å². The number of nitrogens with two attached hydrogens (primary N) is 1. The summed E-state index contributed by atoms with van der Waals surface area (Å²) in [5.41, 5.74) is 6.41. The van der Waals surface area contributed by atoms with E-state index in [0.717, 1.165) is 0 Å². The van der Waals surface area contributed by atoms with Crippen molar-refractivity contribution in [2.45, 2.75) is 19.9 Å². The molecule has 0 heterocycles. The highest BCUT2D eigenvalue weighted by Crippen LogP contribution is 2.16.